The molecule has 1 aromatic rings. The third kappa shape index (κ3) is 2.60. The van der Waals surface area contributed by atoms with Gasteiger partial charge in [-0.1, -0.05) is 5.16 Å². The van der Waals surface area contributed by atoms with Crippen LogP contribution in [0.3, 0.4) is 0 Å². The topological polar surface area (TPSA) is 72.6 Å². The molecule has 0 bridgehead atoms. The van der Waals surface area contributed by atoms with E-state index in [1.54, 1.807) is 13.0 Å². The SMILES string of the molecule is Cc1cc(CS(=O)(=O)N2CCOCC2)no1. The van der Waals surface area contributed by atoms with E-state index in [9.17, 15) is 8.42 Å². The average molecular weight is 246 g/mol. The number of morpholine rings is 1. The second-order valence-corrected chi connectivity index (χ2v) is 5.67. The molecule has 2 heterocycles. The van der Waals surface area contributed by atoms with Gasteiger partial charge < -0.3 is 9.26 Å². The molecule has 0 radical (unpaired) electrons. The summed E-state index contributed by atoms with van der Waals surface area (Å²) in [6, 6.07) is 1.64. The molecule has 0 spiro atoms. The first kappa shape index (κ1) is 11.6. The lowest BCUT2D eigenvalue weighted by atomic mass is 10.4. The molecule has 0 aromatic carbocycles. The molecule has 1 saturated heterocycles. The number of hydrogen-bond donors (Lipinski definition) is 0. The van der Waals surface area contributed by atoms with Crippen molar-refractivity contribution in [3.63, 3.8) is 0 Å². The summed E-state index contributed by atoms with van der Waals surface area (Å²) in [5, 5.41) is 3.68. The molecule has 0 aliphatic carbocycles. The highest BCUT2D eigenvalue weighted by Crippen LogP contribution is 2.12. The fourth-order valence-corrected chi connectivity index (χ4v) is 2.99. The molecule has 2 rings (SSSR count). The van der Waals surface area contributed by atoms with Gasteiger partial charge >= 0.3 is 0 Å². The molecule has 0 unspecified atom stereocenters. The number of hydrogen-bond acceptors (Lipinski definition) is 5. The molecule has 90 valence electrons. The Morgan fingerprint density at radius 2 is 2.12 bits per heavy atom. The minimum Gasteiger partial charge on any atom is -0.379 e. The van der Waals surface area contributed by atoms with Gasteiger partial charge in [-0.15, -0.1) is 0 Å². The van der Waals surface area contributed by atoms with Gasteiger partial charge in [-0.2, -0.15) is 4.31 Å². The Hall–Kier alpha value is -0.920. The first-order valence-electron chi connectivity index (χ1n) is 5.06. The van der Waals surface area contributed by atoms with Gasteiger partial charge in [0.1, 0.15) is 17.2 Å². The molecule has 1 aliphatic rings. The Labute approximate surface area is 94.2 Å². The molecule has 7 heteroatoms. The minimum atomic E-state index is -3.29. The summed E-state index contributed by atoms with van der Waals surface area (Å²) in [5.41, 5.74) is 0.448. The molecule has 1 fully saturated rings. The summed E-state index contributed by atoms with van der Waals surface area (Å²) in [6.45, 7) is 3.48. The predicted octanol–water partition coefficient (Wildman–Crippen LogP) is 0.145. The quantitative estimate of drug-likeness (QED) is 0.758. The normalized spacial score (nSPS) is 18.8. The molecular weight excluding hydrogens is 232 g/mol. The zero-order chi connectivity index (χ0) is 11.6. The standard InChI is InChI=1S/C9H14N2O4S/c1-8-6-9(10-15-8)7-16(12,13)11-2-4-14-5-3-11/h6H,2-5,7H2,1H3. The highest BCUT2D eigenvalue weighted by molar-refractivity contribution is 7.88. The lowest BCUT2D eigenvalue weighted by molar-refractivity contribution is 0.0729. The van der Waals surface area contributed by atoms with E-state index in [2.05, 4.69) is 5.16 Å². The summed E-state index contributed by atoms with van der Waals surface area (Å²) in [4.78, 5) is 0. The lowest BCUT2D eigenvalue weighted by Crippen LogP contribution is -2.41. The van der Waals surface area contributed by atoms with Crippen LogP contribution in [0.15, 0.2) is 10.6 Å². The van der Waals surface area contributed by atoms with E-state index in [0.717, 1.165) is 0 Å². The largest absolute Gasteiger partial charge is 0.379 e. The first-order valence-corrected chi connectivity index (χ1v) is 6.66. The number of rotatable bonds is 3. The monoisotopic (exact) mass is 246 g/mol. The predicted molar refractivity (Wildman–Crippen MR) is 56.3 cm³/mol. The molecule has 16 heavy (non-hydrogen) atoms. The van der Waals surface area contributed by atoms with Crippen molar-refractivity contribution in [1.29, 1.82) is 0 Å². The van der Waals surface area contributed by atoms with Crippen molar-refractivity contribution >= 4 is 10.0 Å². The molecule has 0 N–H and O–H groups in total. The van der Waals surface area contributed by atoms with Crippen LogP contribution in [-0.2, 0) is 20.5 Å². The van der Waals surface area contributed by atoms with E-state index >= 15 is 0 Å². The molecule has 0 atom stereocenters. The summed E-state index contributed by atoms with van der Waals surface area (Å²) in [7, 11) is -3.29. The van der Waals surface area contributed by atoms with Crippen LogP contribution in [0.4, 0.5) is 0 Å². The van der Waals surface area contributed by atoms with Crippen LogP contribution in [0, 0.1) is 6.92 Å². The van der Waals surface area contributed by atoms with Gasteiger partial charge in [0.2, 0.25) is 10.0 Å². The summed E-state index contributed by atoms with van der Waals surface area (Å²) in [5.74, 6) is 0.511. The smallest absolute Gasteiger partial charge is 0.220 e. The fourth-order valence-electron chi connectivity index (χ4n) is 1.59. The molecule has 6 nitrogen and oxygen atoms in total. The van der Waals surface area contributed by atoms with E-state index < -0.39 is 10.0 Å². The number of nitrogens with zero attached hydrogens (tertiary/aromatic N) is 2. The molecule has 0 saturated carbocycles. The molecule has 0 amide bonds. The third-order valence-electron chi connectivity index (χ3n) is 2.37. The lowest BCUT2D eigenvalue weighted by Gasteiger charge is -2.25. The van der Waals surface area contributed by atoms with Gasteiger partial charge in [0.05, 0.1) is 13.2 Å². The zero-order valence-corrected chi connectivity index (χ0v) is 9.87. The minimum absolute atomic E-state index is 0.107. The summed E-state index contributed by atoms with van der Waals surface area (Å²) in [6.07, 6.45) is 0. The zero-order valence-electron chi connectivity index (χ0n) is 9.05. The van der Waals surface area contributed by atoms with Crippen LogP contribution in [0.5, 0.6) is 0 Å². The number of aromatic nitrogens is 1. The molecular formula is C9H14N2O4S. The van der Waals surface area contributed by atoms with Gasteiger partial charge in [0, 0.05) is 19.2 Å². The van der Waals surface area contributed by atoms with Crippen LogP contribution in [-0.4, -0.2) is 44.2 Å². The fraction of sp³-hybridized carbons (Fsp3) is 0.667. The molecule has 1 aromatic heterocycles. The van der Waals surface area contributed by atoms with Crippen molar-refractivity contribution in [2.75, 3.05) is 26.3 Å². The van der Waals surface area contributed by atoms with Crippen LogP contribution >= 0.6 is 0 Å². The third-order valence-corrected chi connectivity index (χ3v) is 4.18. The Morgan fingerprint density at radius 1 is 1.44 bits per heavy atom. The highest BCUT2D eigenvalue weighted by Gasteiger charge is 2.25. The number of aryl methyl sites for hydroxylation is 1. The van der Waals surface area contributed by atoms with Crippen LogP contribution in [0.25, 0.3) is 0 Å². The maximum absolute atomic E-state index is 12.0. The average Bonchev–Trinajstić information content (AvgIpc) is 2.64. The Morgan fingerprint density at radius 3 is 2.69 bits per heavy atom. The molecule has 1 aliphatic heterocycles. The van der Waals surface area contributed by atoms with E-state index in [4.69, 9.17) is 9.26 Å². The second kappa shape index (κ2) is 4.52. The maximum Gasteiger partial charge on any atom is 0.220 e. The van der Waals surface area contributed by atoms with Gasteiger partial charge in [0.15, 0.2) is 0 Å². The van der Waals surface area contributed by atoms with E-state index in [1.165, 1.54) is 4.31 Å². The van der Waals surface area contributed by atoms with Gasteiger partial charge in [-0.3, -0.25) is 0 Å². The number of sulfonamides is 1. The Balaban J connectivity index is 2.07. The van der Waals surface area contributed by atoms with Crippen molar-refractivity contribution in [3.8, 4) is 0 Å². The first-order chi connectivity index (χ1) is 7.58. The van der Waals surface area contributed by atoms with Crippen molar-refractivity contribution < 1.29 is 17.7 Å². The van der Waals surface area contributed by atoms with Crippen LogP contribution < -0.4 is 0 Å². The number of ether oxygens (including phenoxy) is 1. The van der Waals surface area contributed by atoms with E-state index in [0.29, 0.717) is 37.8 Å². The van der Waals surface area contributed by atoms with Crippen molar-refractivity contribution in [1.82, 2.24) is 9.46 Å². The summed E-state index contributed by atoms with van der Waals surface area (Å²) >= 11 is 0. The Kier molecular flexibility index (Phi) is 3.27. The Bertz CT molecular complexity index is 448. The van der Waals surface area contributed by atoms with Crippen molar-refractivity contribution in [3.05, 3.63) is 17.5 Å². The van der Waals surface area contributed by atoms with E-state index in [1.807, 2.05) is 0 Å². The maximum atomic E-state index is 12.0. The second-order valence-electron chi connectivity index (χ2n) is 3.70. The van der Waals surface area contributed by atoms with Gasteiger partial charge in [-0.25, -0.2) is 8.42 Å². The van der Waals surface area contributed by atoms with Gasteiger partial charge in [0.25, 0.3) is 0 Å². The van der Waals surface area contributed by atoms with Gasteiger partial charge in [-0.05, 0) is 6.92 Å². The van der Waals surface area contributed by atoms with Crippen molar-refractivity contribution in [2.45, 2.75) is 12.7 Å². The highest BCUT2D eigenvalue weighted by atomic mass is 32.2. The van der Waals surface area contributed by atoms with Crippen LogP contribution in [0.1, 0.15) is 11.5 Å². The van der Waals surface area contributed by atoms with Crippen LogP contribution in [0.2, 0.25) is 0 Å². The van der Waals surface area contributed by atoms with Crippen molar-refractivity contribution in [2.24, 2.45) is 0 Å². The summed E-state index contributed by atoms with van der Waals surface area (Å²) < 4.78 is 35.3. The van der Waals surface area contributed by atoms with E-state index in [-0.39, 0.29) is 5.75 Å².